The van der Waals surface area contributed by atoms with Crippen LogP contribution in [-0.2, 0) is 0 Å². The lowest BCUT2D eigenvalue weighted by Crippen LogP contribution is -2.26. The first-order chi connectivity index (χ1) is 9.54. The van der Waals surface area contributed by atoms with Crippen LogP contribution < -0.4 is 10.6 Å². The van der Waals surface area contributed by atoms with E-state index in [0.29, 0.717) is 22.5 Å². The van der Waals surface area contributed by atoms with E-state index in [1.807, 2.05) is 6.07 Å². The molecular weight excluding hydrogens is 274 g/mol. The summed E-state index contributed by atoms with van der Waals surface area (Å²) in [6, 6.07) is 13.7. The highest BCUT2D eigenvalue weighted by Crippen LogP contribution is 2.25. The summed E-state index contributed by atoms with van der Waals surface area (Å²) in [6.07, 6.45) is 0. The monoisotopic (exact) mass is 285 g/mol. The first-order valence-electron chi connectivity index (χ1n) is 5.87. The van der Waals surface area contributed by atoms with Crippen molar-refractivity contribution >= 4 is 28.9 Å². The molecule has 2 N–H and O–H groups in total. The third-order valence-corrected chi connectivity index (χ3v) is 3.37. The molecule has 2 rings (SSSR count). The Kier molecular flexibility index (Phi) is 3.92. The lowest BCUT2D eigenvalue weighted by atomic mass is 10.1. The van der Waals surface area contributed by atoms with Gasteiger partial charge in [-0.15, -0.1) is 0 Å². The number of hydrogen-bond donors (Lipinski definition) is 1. The maximum Gasteiger partial charge on any atom is 0.259 e. The number of nitrogens with zero attached hydrogens (tertiary/aromatic N) is 2. The summed E-state index contributed by atoms with van der Waals surface area (Å²) < 4.78 is 0. The zero-order chi connectivity index (χ0) is 14.7. The maximum absolute atomic E-state index is 12.4. The minimum absolute atomic E-state index is 0.248. The van der Waals surface area contributed by atoms with E-state index >= 15 is 0 Å². The molecule has 0 radical (unpaired) electrons. The van der Waals surface area contributed by atoms with Crippen molar-refractivity contribution in [3.8, 4) is 6.07 Å². The molecule has 0 spiro atoms. The molecule has 0 fully saturated rings. The standard InChI is InChI=1S/C15H12ClN3O/c1-19(11-7-5-10(9-17)6-8-11)15(20)12-3-2-4-13(18)14(12)16/h2-8H,18H2,1H3. The number of carbonyl (C=O) groups excluding carboxylic acids is 1. The highest BCUT2D eigenvalue weighted by atomic mass is 35.5. The van der Waals surface area contributed by atoms with Gasteiger partial charge in [0, 0.05) is 12.7 Å². The molecule has 2 aromatic rings. The highest BCUT2D eigenvalue weighted by Gasteiger charge is 2.17. The van der Waals surface area contributed by atoms with Gasteiger partial charge in [-0.1, -0.05) is 17.7 Å². The Labute approximate surface area is 122 Å². The summed E-state index contributed by atoms with van der Waals surface area (Å²) in [6.45, 7) is 0. The van der Waals surface area contributed by atoms with Gasteiger partial charge in [0.05, 0.1) is 27.9 Å². The van der Waals surface area contributed by atoms with Crippen LogP contribution in [0.15, 0.2) is 42.5 Å². The SMILES string of the molecule is CN(C(=O)c1cccc(N)c1Cl)c1ccc(C#N)cc1. The van der Waals surface area contributed by atoms with Crippen LogP contribution in [0.2, 0.25) is 5.02 Å². The quantitative estimate of drug-likeness (QED) is 0.862. The molecule has 4 nitrogen and oxygen atoms in total. The van der Waals surface area contributed by atoms with Crippen molar-refractivity contribution in [3.63, 3.8) is 0 Å². The summed E-state index contributed by atoms with van der Waals surface area (Å²) in [4.78, 5) is 13.9. The van der Waals surface area contributed by atoms with E-state index < -0.39 is 0 Å². The molecule has 0 aliphatic rings. The fourth-order valence-electron chi connectivity index (χ4n) is 1.77. The van der Waals surface area contributed by atoms with E-state index in [-0.39, 0.29) is 10.9 Å². The molecule has 20 heavy (non-hydrogen) atoms. The second-order valence-electron chi connectivity index (χ2n) is 4.23. The number of amides is 1. The minimum atomic E-state index is -0.257. The number of halogens is 1. The van der Waals surface area contributed by atoms with Gasteiger partial charge in [-0.05, 0) is 36.4 Å². The average Bonchev–Trinajstić information content (AvgIpc) is 2.48. The van der Waals surface area contributed by atoms with Crippen molar-refractivity contribution in [2.75, 3.05) is 17.7 Å². The Morgan fingerprint density at radius 1 is 1.25 bits per heavy atom. The summed E-state index contributed by atoms with van der Waals surface area (Å²) in [5, 5.41) is 9.01. The van der Waals surface area contributed by atoms with E-state index in [0.717, 1.165) is 0 Å². The Hall–Kier alpha value is -2.51. The van der Waals surface area contributed by atoms with Gasteiger partial charge in [0.2, 0.25) is 0 Å². The number of hydrogen-bond acceptors (Lipinski definition) is 3. The van der Waals surface area contributed by atoms with Crippen molar-refractivity contribution in [1.82, 2.24) is 0 Å². The number of anilines is 2. The molecule has 100 valence electrons. The predicted molar refractivity (Wildman–Crippen MR) is 79.8 cm³/mol. The molecule has 0 unspecified atom stereocenters. The Bertz CT molecular complexity index is 689. The second-order valence-corrected chi connectivity index (χ2v) is 4.61. The van der Waals surface area contributed by atoms with Crippen molar-refractivity contribution in [1.29, 1.82) is 5.26 Å². The highest BCUT2D eigenvalue weighted by molar-refractivity contribution is 6.36. The maximum atomic E-state index is 12.4. The van der Waals surface area contributed by atoms with E-state index in [4.69, 9.17) is 22.6 Å². The van der Waals surface area contributed by atoms with Crippen LogP contribution in [0.1, 0.15) is 15.9 Å². The second kappa shape index (κ2) is 5.64. The average molecular weight is 286 g/mol. The summed E-state index contributed by atoms with van der Waals surface area (Å²) in [7, 11) is 1.64. The predicted octanol–water partition coefficient (Wildman–Crippen LogP) is 3.07. The third-order valence-electron chi connectivity index (χ3n) is 2.95. The summed E-state index contributed by atoms with van der Waals surface area (Å²) in [5.41, 5.74) is 7.62. The van der Waals surface area contributed by atoms with Gasteiger partial charge in [0.25, 0.3) is 5.91 Å². The van der Waals surface area contributed by atoms with Crippen LogP contribution in [0.4, 0.5) is 11.4 Å². The molecule has 0 aliphatic heterocycles. The summed E-state index contributed by atoms with van der Waals surface area (Å²) in [5.74, 6) is -0.257. The van der Waals surface area contributed by atoms with Crippen LogP contribution >= 0.6 is 11.6 Å². The van der Waals surface area contributed by atoms with Crippen LogP contribution in [-0.4, -0.2) is 13.0 Å². The fourth-order valence-corrected chi connectivity index (χ4v) is 1.98. The Morgan fingerprint density at radius 2 is 1.90 bits per heavy atom. The molecule has 0 saturated heterocycles. The van der Waals surface area contributed by atoms with E-state index in [1.54, 1.807) is 49.5 Å². The number of nitrogen functional groups attached to an aromatic ring is 1. The normalized spacial score (nSPS) is 9.85. The zero-order valence-corrected chi connectivity index (χ0v) is 11.6. The Morgan fingerprint density at radius 3 is 2.50 bits per heavy atom. The fraction of sp³-hybridized carbons (Fsp3) is 0.0667. The molecule has 0 atom stereocenters. The van der Waals surface area contributed by atoms with Gasteiger partial charge < -0.3 is 10.6 Å². The molecule has 0 aromatic heterocycles. The number of carbonyl (C=O) groups is 1. The molecule has 0 bridgehead atoms. The first-order valence-corrected chi connectivity index (χ1v) is 6.24. The molecule has 0 heterocycles. The lowest BCUT2D eigenvalue weighted by molar-refractivity contribution is 0.0993. The van der Waals surface area contributed by atoms with Crippen molar-refractivity contribution < 1.29 is 4.79 Å². The smallest absolute Gasteiger partial charge is 0.259 e. The first kappa shape index (κ1) is 13.9. The van der Waals surface area contributed by atoms with Crippen LogP contribution in [0.25, 0.3) is 0 Å². The third kappa shape index (κ3) is 2.58. The van der Waals surface area contributed by atoms with E-state index in [9.17, 15) is 4.79 Å². The van der Waals surface area contributed by atoms with Gasteiger partial charge in [-0.25, -0.2) is 0 Å². The Balaban J connectivity index is 2.32. The largest absolute Gasteiger partial charge is 0.398 e. The van der Waals surface area contributed by atoms with Crippen molar-refractivity contribution in [2.45, 2.75) is 0 Å². The van der Waals surface area contributed by atoms with E-state index in [1.165, 1.54) is 4.90 Å². The van der Waals surface area contributed by atoms with Crippen molar-refractivity contribution in [3.05, 3.63) is 58.6 Å². The minimum Gasteiger partial charge on any atom is -0.398 e. The summed E-state index contributed by atoms with van der Waals surface area (Å²) >= 11 is 6.05. The molecule has 2 aromatic carbocycles. The van der Waals surface area contributed by atoms with Crippen LogP contribution in [0.3, 0.4) is 0 Å². The topological polar surface area (TPSA) is 70.1 Å². The molecule has 5 heteroatoms. The number of benzene rings is 2. The number of nitriles is 1. The van der Waals surface area contributed by atoms with Crippen LogP contribution in [0, 0.1) is 11.3 Å². The molecule has 1 amide bonds. The zero-order valence-electron chi connectivity index (χ0n) is 10.8. The van der Waals surface area contributed by atoms with Gasteiger partial charge in [0.1, 0.15) is 0 Å². The molecular formula is C15H12ClN3O. The van der Waals surface area contributed by atoms with Gasteiger partial charge >= 0.3 is 0 Å². The molecule has 0 aliphatic carbocycles. The number of rotatable bonds is 2. The van der Waals surface area contributed by atoms with Gasteiger partial charge in [-0.2, -0.15) is 5.26 Å². The number of nitrogens with two attached hydrogens (primary N) is 1. The van der Waals surface area contributed by atoms with E-state index in [2.05, 4.69) is 0 Å². The lowest BCUT2D eigenvalue weighted by Gasteiger charge is -2.18. The van der Waals surface area contributed by atoms with Gasteiger partial charge in [-0.3, -0.25) is 4.79 Å². The van der Waals surface area contributed by atoms with Crippen molar-refractivity contribution in [2.24, 2.45) is 0 Å². The van der Waals surface area contributed by atoms with Crippen LogP contribution in [0.5, 0.6) is 0 Å². The van der Waals surface area contributed by atoms with Gasteiger partial charge in [0.15, 0.2) is 0 Å². The molecule has 0 saturated carbocycles.